The Kier molecular flexibility index (Phi) is 1.98. The van der Waals surface area contributed by atoms with Crippen LogP contribution in [0.4, 0.5) is 0 Å². The highest BCUT2D eigenvalue weighted by Crippen LogP contribution is 2.18. The summed E-state index contributed by atoms with van der Waals surface area (Å²) in [7, 11) is 0. The minimum atomic E-state index is -0.125. The van der Waals surface area contributed by atoms with Crippen LogP contribution in [0.15, 0.2) is 18.3 Å². The molecule has 0 aliphatic rings. The molecule has 2 aromatic rings. The first-order valence-corrected chi connectivity index (χ1v) is 4.34. The molecule has 1 N–H and O–H groups in total. The lowest BCUT2D eigenvalue weighted by atomic mass is 10.3. The van der Waals surface area contributed by atoms with E-state index >= 15 is 0 Å². The lowest BCUT2D eigenvalue weighted by molar-refractivity contribution is 0.277. The molecule has 0 aromatic carbocycles. The molecular formula is C9H9ClN2O. The first-order chi connectivity index (χ1) is 6.22. The van der Waals surface area contributed by atoms with Crippen LogP contribution < -0.4 is 0 Å². The summed E-state index contributed by atoms with van der Waals surface area (Å²) in [6, 6.07) is 3.83. The van der Waals surface area contributed by atoms with Crippen LogP contribution in [0.5, 0.6) is 0 Å². The van der Waals surface area contributed by atoms with E-state index in [2.05, 4.69) is 4.98 Å². The van der Waals surface area contributed by atoms with E-state index in [0.717, 1.165) is 11.2 Å². The number of aryl methyl sites for hydroxylation is 1. The van der Waals surface area contributed by atoms with Crippen molar-refractivity contribution < 1.29 is 5.11 Å². The van der Waals surface area contributed by atoms with Crippen molar-refractivity contribution in [3.05, 3.63) is 34.7 Å². The summed E-state index contributed by atoms with van der Waals surface area (Å²) in [4.78, 5) is 4.15. The fourth-order valence-corrected chi connectivity index (χ4v) is 1.51. The SMILES string of the molecule is Cc1ccc2nc(CO)c(Cl)n2c1. The number of imidazole rings is 1. The van der Waals surface area contributed by atoms with Gasteiger partial charge in [-0.1, -0.05) is 17.7 Å². The molecule has 0 unspecified atom stereocenters. The molecule has 2 rings (SSSR count). The highest BCUT2D eigenvalue weighted by Gasteiger charge is 2.07. The number of aliphatic hydroxyl groups is 1. The second-order valence-corrected chi connectivity index (χ2v) is 3.30. The van der Waals surface area contributed by atoms with Crippen LogP contribution in [-0.2, 0) is 6.61 Å². The van der Waals surface area contributed by atoms with Gasteiger partial charge in [0.25, 0.3) is 0 Å². The van der Waals surface area contributed by atoms with Crippen molar-refractivity contribution in [2.24, 2.45) is 0 Å². The zero-order valence-corrected chi connectivity index (χ0v) is 7.91. The van der Waals surface area contributed by atoms with Gasteiger partial charge in [0, 0.05) is 6.20 Å². The van der Waals surface area contributed by atoms with E-state index in [4.69, 9.17) is 16.7 Å². The van der Waals surface area contributed by atoms with Gasteiger partial charge >= 0.3 is 0 Å². The van der Waals surface area contributed by atoms with E-state index in [1.807, 2.05) is 25.3 Å². The molecule has 0 saturated heterocycles. The van der Waals surface area contributed by atoms with Crippen molar-refractivity contribution in [1.82, 2.24) is 9.38 Å². The Morgan fingerprint density at radius 1 is 1.54 bits per heavy atom. The first-order valence-electron chi connectivity index (χ1n) is 3.96. The van der Waals surface area contributed by atoms with Crippen molar-refractivity contribution in [1.29, 1.82) is 0 Å². The number of halogens is 1. The van der Waals surface area contributed by atoms with E-state index in [0.29, 0.717) is 10.8 Å². The van der Waals surface area contributed by atoms with Gasteiger partial charge < -0.3 is 5.11 Å². The van der Waals surface area contributed by atoms with Gasteiger partial charge in [0.1, 0.15) is 16.5 Å². The number of nitrogens with zero attached hydrogens (tertiary/aromatic N) is 2. The van der Waals surface area contributed by atoms with Crippen molar-refractivity contribution in [3.8, 4) is 0 Å². The number of aromatic nitrogens is 2. The van der Waals surface area contributed by atoms with Gasteiger partial charge in [0.2, 0.25) is 0 Å². The van der Waals surface area contributed by atoms with Crippen LogP contribution in [0.1, 0.15) is 11.3 Å². The minimum Gasteiger partial charge on any atom is -0.390 e. The van der Waals surface area contributed by atoms with Gasteiger partial charge in [0.05, 0.1) is 6.61 Å². The van der Waals surface area contributed by atoms with Gasteiger partial charge in [-0.2, -0.15) is 0 Å². The molecule has 0 atom stereocenters. The average molecular weight is 197 g/mol. The molecule has 0 saturated carbocycles. The quantitative estimate of drug-likeness (QED) is 0.755. The van der Waals surface area contributed by atoms with E-state index in [-0.39, 0.29) is 6.61 Å². The Hall–Kier alpha value is -1.06. The summed E-state index contributed by atoms with van der Waals surface area (Å²) in [6.07, 6.45) is 1.89. The molecule has 13 heavy (non-hydrogen) atoms. The maximum absolute atomic E-state index is 8.93. The predicted molar refractivity (Wildman–Crippen MR) is 50.9 cm³/mol. The maximum Gasteiger partial charge on any atom is 0.138 e. The van der Waals surface area contributed by atoms with Crippen LogP contribution in [-0.4, -0.2) is 14.5 Å². The largest absolute Gasteiger partial charge is 0.390 e. The molecule has 2 heterocycles. The number of aliphatic hydroxyl groups excluding tert-OH is 1. The fourth-order valence-electron chi connectivity index (χ4n) is 1.27. The number of hydrogen-bond donors (Lipinski definition) is 1. The van der Waals surface area contributed by atoms with Gasteiger partial charge in [0.15, 0.2) is 0 Å². The number of pyridine rings is 1. The van der Waals surface area contributed by atoms with E-state index in [9.17, 15) is 0 Å². The lowest BCUT2D eigenvalue weighted by Crippen LogP contribution is -1.85. The van der Waals surface area contributed by atoms with E-state index < -0.39 is 0 Å². The summed E-state index contributed by atoms with van der Waals surface area (Å²) in [5.41, 5.74) is 2.39. The topological polar surface area (TPSA) is 37.5 Å². The maximum atomic E-state index is 8.93. The van der Waals surface area contributed by atoms with Gasteiger partial charge in [-0.25, -0.2) is 4.98 Å². The third-order valence-electron chi connectivity index (χ3n) is 1.92. The normalized spacial score (nSPS) is 11.0. The van der Waals surface area contributed by atoms with Crippen LogP contribution in [0.25, 0.3) is 5.65 Å². The highest BCUT2D eigenvalue weighted by atomic mass is 35.5. The van der Waals surface area contributed by atoms with Gasteiger partial charge in [-0.05, 0) is 18.6 Å². The minimum absolute atomic E-state index is 0.125. The molecule has 0 aliphatic heterocycles. The third kappa shape index (κ3) is 1.30. The molecule has 0 aliphatic carbocycles. The smallest absolute Gasteiger partial charge is 0.138 e. The summed E-state index contributed by atoms with van der Waals surface area (Å²) < 4.78 is 1.77. The highest BCUT2D eigenvalue weighted by molar-refractivity contribution is 6.30. The molecule has 0 spiro atoms. The molecular weight excluding hydrogens is 188 g/mol. The zero-order valence-electron chi connectivity index (χ0n) is 7.16. The molecule has 68 valence electrons. The Balaban J connectivity index is 2.77. The second kappa shape index (κ2) is 3.01. The van der Waals surface area contributed by atoms with Crippen molar-refractivity contribution in [2.75, 3.05) is 0 Å². The summed E-state index contributed by atoms with van der Waals surface area (Å²) in [6.45, 7) is 1.86. The molecule has 0 radical (unpaired) electrons. The summed E-state index contributed by atoms with van der Waals surface area (Å²) >= 11 is 5.97. The Bertz CT molecular complexity index is 450. The first kappa shape index (κ1) is 8.53. The van der Waals surface area contributed by atoms with Crippen molar-refractivity contribution >= 4 is 17.2 Å². The average Bonchev–Trinajstić information content (AvgIpc) is 2.44. The molecule has 2 aromatic heterocycles. The molecule has 0 amide bonds. The second-order valence-electron chi connectivity index (χ2n) is 2.94. The molecule has 3 nitrogen and oxygen atoms in total. The van der Waals surface area contributed by atoms with Gasteiger partial charge in [-0.15, -0.1) is 0 Å². The van der Waals surface area contributed by atoms with Crippen LogP contribution >= 0.6 is 11.6 Å². The van der Waals surface area contributed by atoms with Crippen LogP contribution in [0.3, 0.4) is 0 Å². The Labute approximate surface area is 80.6 Å². The van der Waals surface area contributed by atoms with E-state index in [1.165, 1.54) is 0 Å². The summed E-state index contributed by atoms with van der Waals surface area (Å²) in [5.74, 6) is 0. The standard InChI is InChI=1S/C9H9ClN2O/c1-6-2-3-8-11-7(5-13)9(10)12(8)4-6/h2-4,13H,5H2,1H3. The third-order valence-corrected chi connectivity index (χ3v) is 2.32. The molecule has 0 fully saturated rings. The monoisotopic (exact) mass is 196 g/mol. The van der Waals surface area contributed by atoms with Crippen molar-refractivity contribution in [2.45, 2.75) is 13.5 Å². The number of hydrogen-bond acceptors (Lipinski definition) is 2. The molecule has 4 heteroatoms. The summed E-state index contributed by atoms with van der Waals surface area (Å²) in [5, 5.41) is 9.42. The lowest BCUT2D eigenvalue weighted by Gasteiger charge is -1.95. The predicted octanol–water partition coefficient (Wildman–Crippen LogP) is 1.79. The van der Waals surface area contributed by atoms with E-state index in [1.54, 1.807) is 4.40 Å². The zero-order chi connectivity index (χ0) is 9.42. The van der Waals surface area contributed by atoms with Crippen molar-refractivity contribution in [3.63, 3.8) is 0 Å². The molecule has 0 bridgehead atoms. The van der Waals surface area contributed by atoms with Crippen LogP contribution in [0.2, 0.25) is 5.15 Å². The fraction of sp³-hybridized carbons (Fsp3) is 0.222. The van der Waals surface area contributed by atoms with Gasteiger partial charge in [-0.3, -0.25) is 4.40 Å². The Morgan fingerprint density at radius 3 is 3.00 bits per heavy atom. The van der Waals surface area contributed by atoms with Crippen LogP contribution in [0, 0.1) is 6.92 Å². The number of fused-ring (bicyclic) bond motifs is 1. The number of rotatable bonds is 1. The Morgan fingerprint density at radius 2 is 2.31 bits per heavy atom.